The summed E-state index contributed by atoms with van der Waals surface area (Å²) in [6.07, 6.45) is 1.33. The van der Waals surface area contributed by atoms with Gasteiger partial charge in [0.15, 0.2) is 11.9 Å². The van der Waals surface area contributed by atoms with Crippen LogP contribution in [0.4, 0.5) is 0 Å². The molecule has 3 rings (SSSR count). The third kappa shape index (κ3) is 4.02. The van der Waals surface area contributed by atoms with Gasteiger partial charge in [-0.2, -0.15) is 4.31 Å². The predicted octanol–water partition coefficient (Wildman–Crippen LogP) is 0.450. The third-order valence-electron chi connectivity index (χ3n) is 5.17. The van der Waals surface area contributed by atoms with E-state index in [1.165, 1.54) is 28.4 Å². The van der Waals surface area contributed by atoms with Crippen LogP contribution in [-0.4, -0.2) is 74.0 Å². The van der Waals surface area contributed by atoms with Crippen molar-refractivity contribution < 1.29 is 32.3 Å². The van der Waals surface area contributed by atoms with Crippen LogP contribution >= 0.6 is 0 Å². The molecule has 10 heteroatoms. The van der Waals surface area contributed by atoms with Crippen molar-refractivity contribution in [3.8, 4) is 0 Å². The molecule has 2 aliphatic rings. The van der Waals surface area contributed by atoms with E-state index >= 15 is 0 Å². The van der Waals surface area contributed by atoms with Crippen molar-refractivity contribution >= 4 is 21.9 Å². The lowest BCUT2D eigenvalue weighted by Crippen LogP contribution is -2.43. The largest absolute Gasteiger partial charge is 0.467 e. The van der Waals surface area contributed by atoms with E-state index in [2.05, 4.69) is 4.74 Å². The first-order valence-electron chi connectivity index (χ1n) is 8.99. The van der Waals surface area contributed by atoms with E-state index in [1.54, 1.807) is 0 Å². The Morgan fingerprint density at radius 2 is 1.81 bits per heavy atom. The molecule has 1 amide bonds. The molecule has 0 aromatic carbocycles. The highest BCUT2D eigenvalue weighted by molar-refractivity contribution is 7.89. The first-order chi connectivity index (χ1) is 12.8. The smallest absolute Gasteiger partial charge is 0.334 e. The summed E-state index contributed by atoms with van der Waals surface area (Å²) in [6, 6.07) is 2.69. The molecular weight excluding hydrogens is 376 g/mol. The average Bonchev–Trinajstić information content (AvgIpc) is 3.38. The highest BCUT2D eigenvalue weighted by atomic mass is 32.2. The number of esters is 1. The number of nitrogens with zero attached hydrogens (tertiary/aromatic N) is 2. The van der Waals surface area contributed by atoms with Gasteiger partial charge in [0.05, 0.1) is 7.11 Å². The lowest BCUT2D eigenvalue weighted by Gasteiger charge is -2.32. The number of amides is 1. The highest BCUT2D eigenvalue weighted by Crippen LogP contribution is 2.26. The van der Waals surface area contributed by atoms with E-state index in [9.17, 15) is 23.1 Å². The minimum atomic E-state index is -3.70. The molecule has 3 heterocycles. The van der Waals surface area contributed by atoms with E-state index < -0.39 is 28.0 Å². The van der Waals surface area contributed by atoms with Gasteiger partial charge < -0.3 is 19.2 Å². The van der Waals surface area contributed by atoms with Crippen molar-refractivity contribution in [3.05, 3.63) is 17.9 Å². The van der Waals surface area contributed by atoms with Gasteiger partial charge in [-0.15, -0.1) is 0 Å². The van der Waals surface area contributed by atoms with Crippen LogP contribution in [-0.2, 0) is 19.6 Å². The Labute approximate surface area is 157 Å². The van der Waals surface area contributed by atoms with Crippen LogP contribution in [0.15, 0.2) is 21.6 Å². The number of hydrogen-bond acceptors (Lipinski definition) is 7. The van der Waals surface area contributed by atoms with Gasteiger partial charge >= 0.3 is 5.97 Å². The normalized spacial score (nSPS) is 20.6. The zero-order valence-corrected chi connectivity index (χ0v) is 16.0. The number of rotatable bonds is 5. The Balaban J connectivity index is 1.63. The first kappa shape index (κ1) is 19.8. The number of carbonyl (C=O) groups is 2. The van der Waals surface area contributed by atoms with Crippen LogP contribution in [0.25, 0.3) is 0 Å². The number of methoxy groups -OCH3 is 1. The number of aliphatic hydroxyl groups excluding tert-OH is 1. The first-order valence-corrected chi connectivity index (χ1v) is 10.4. The van der Waals surface area contributed by atoms with Crippen molar-refractivity contribution in [1.29, 1.82) is 0 Å². The maximum atomic E-state index is 12.6. The molecule has 2 saturated heterocycles. The summed E-state index contributed by atoms with van der Waals surface area (Å²) in [7, 11) is -2.49. The van der Waals surface area contributed by atoms with Gasteiger partial charge in [0.2, 0.25) is 5.09 Å². The Kier molecular flexibility index (Phi) is 5.87. The summed E-state index contributed by atoms with van der Waals surface area (Å²) in [5, 5.41) is 9.69. The fraction of sp³-hybridized carbons (Fsp3) is 0.647. The Morgan fingerprint density at radius 3 is 2.41 bits per heavy atom. The number of aliphatic hydroxyl groups is 1. The van der Waals surface area contributed by atoms with Gasteiger partial charge in [0, 0.05) is 26.2 Å². The minimum absolute atomic E-state index is 0.0280. The predicted molar refractivity (Wildman–Crippen MR) is 93.4 cm³/mol. The fourth-order valence-electron chi connectivity index (χ4n) is 3.52. The fourth-order valence-corrected chi connectivity index (χ4v) is 4.95. The zero-order valence-electron chi connectivity index (χ0n) is 15.2. The quantitative estimate of drug-likeness (QED) is 0.713. The number of hydrogen-bond donors (Lipinski definition) is 1. The molecule has 0 aliphatic carbocycles. The van der Waals surface area contributed by atoms with Crippen LogP contribution in [0.3, 0.4) is 0 Å². The lowest BCUT2D eigenvalue weighted by molar-refractivity contribution is -0.154. The van der Waals surface area contributed by atoms with Gasteiger partial charge in [0.25, 0.3) is 15.9 Å². The van der Waals surface area contributed by atoms with E-state index in [4.69, 9.17) is 4.42 Å². The minimum Gasteiger partial charge on any atom is -0.467 e. The number of ether oxygens (including phenoxy) is 1. The van der Waals surface area contributed by atoms with Crippen molar-refractivity contribution in [2.75, 3.05) is 33.3 Å². The van der Waals surface area contributed by atoms with Gasteiger partial charge in [-0.3, -0.25) is 4.79 Å². The standard InChI is InChI=1S/C17H24N2O7S/c1-25-17(22)15(20)12-6-10-18(11-7-12)16(21)13-4-5-14(26-13)27(23,24)19-8-2-3-9-19/h4-5,12,15,20H,2-3,6-11H2,1H3/t15-/m1/s1. The molecule has 1 atom stereocenters. The van der Waals surface area contributed by atoms with Crippen LogP contribution < -0.4 is 0 Å². The number of furan rings is 1. The van der Waals surface area contributed by atoms with Crippen molar-refractivity contribution in [3.63, 3.8) is 0 Å². The Morgan fingerprint density at radius 1 is 1.19 bits per heavy atom. The SMILES string of the molecule is COC(=O)[C@H](O)C1CCN(C(=O)c2ccc(S(=O)(=O)N3CCCC3)o2)CC1. The molecule has 0 saturated carbocycles. The summed E-state index contributed by atoms with van der Waals surface area (Å²) in [5.41, 5.74) is 0. The molecule has 27 heavy (non-hydrogen) atoms. The second-order valence-corrected chi connectivity index (χ2v) is 8.70. The van der Waals surface area contributed by atoms with Crippen molar-refractivity contribution in [2.24, 2.45) is 5.92 Å². The summed E-state index contributed by atoms with van der Waals surface area (Å²) in [4.78, 5) is 25.6. The molecule has 0 radical (unpaired) electrons. The van der Waals surface area contributed by atoms with Crippen LogP contribution in [0.1, 0.15) is 36.2 Å². The molecule has 1 N–H and O–H groups in total. The van der Waals surface area contributed by atoms with Crippen LogP contribution in [0.5, 0.6) is 0 Å². The van der Waals surface area contributed by atoms with Gasteiger partial charge in [-0.1, -0.05) is 0 Å². The number of piperidine rings is 1. The molecule has 0 spiro atoms. The summed E-state index contributed by atoms with van der Waals surface area (Å²) >= 11 is 0. The number of carbonyl (C=O) groups excluding carboxylic acids is 2. The van der Waals surface area contributed by atoms with Gasteiger partial charge in [-0.05, 0) is 43.7 Å². The molecule has 2 fully saturated rings. The Hall–Kier alpha value is -1.91. The second-order valence-electron chi connectivity index (χ2n) is 6.83. The molecule has 0 bridgehead atoms. The molecule has 2 aliphatic heterocycles. The van der Waals surface area contributed by atoms with E-state index in [1.807, 2.05) is 0 Å². The molecule has 1 aromatic heterocycles. The van der Waals surface area contributed by atoms with Crippen molar-refractivity contribution in [1.82, 2.24) is 9.21 Å². The number of likely N-dealkylation sites (tertiary alicyclic amines) is 1. The Bertz CT molecular complexity index is 790. The number of sulfonamides is 1. The molecular formula is C17H24N2O7S. The molecule has 0 unspecified atom stereocenters. The zero-order chi connectivity index (χ0) is 19.6. The summed E-state index contributed by atoms with van der Waals surface area (Å²) in [6.45, 7) is 1.60. The van der Waals surface area contributed by atoms with Crippen molar-refractivity contribution in [2.45, 2.75) is 36.9 Å². The van der Waals surface area contributed by atoms with Gasteiger partial charge in [0.1, 0.15) is 0 Å². The summed E-state index contributed by atoms with van der Waals surface area (Å²) in [5.74, 6) is -1.38. The third-order valence-corrected chi connectivity index (χ3v) is 6.94. The van der Waals surface area contributed by atoms with E-state index in [-0.39, 0.29) is 16.8 Å². The average molecular weight is 400 g/mol. The maximum absolute atomic E-state index is 12.6. The monoisotopic (exact) mass is 400 g/mol. The van der Waals surface area contributed by atoms with E-state index in [0.717, 1.165) is 12.8 Å². The lowest BCUT2D eigenvalue weighted by atomic mass is 9.91. The second kappa shape index (κ2) is 7.99. The highest BCUT2D eigenvalue weighted by Gasteiger charge is 2.34. The van der Waals surface area contributed by atoms with Crippen LogP contribution in [0.2, 0.25) is 0 Å². The van der Waals surface area contributed by atoms with Crippen LogP contribution in [0, 0.1) is 5.92 Å². The van der Waals surface area contributed by atoms with E-state index in [0.29, 0.717) is 39.0 Å². The molecule has 150 valence electrons. The molecule has 1 aromatic rings. The topological polar surface area (TPSA) is 117 Å². The maximum Gasteiger partial charge on any atom is 0.334 e. The molecule has 9 nitrogen and oxygen atoms in total. The summed E-state index contributed by atoms with van der Waals surface area (Å²) < 4.78 is 36.2. The van der Waals surface area contributed by atoms with Gasteiger partial charge in [-0.25, -0.2) is 13.2 Å².